The predicted octanol–water partition coefficient (Wildman–Crippen LogP) is 2.92. The molecule has 28 heavy (non-hydrogen) atoms. The lowest BCUT2D eigenvalue weighted by atomic mass is 10.0. The van der Waals surface area contributed by atoms with Gasteiger partial charge in [-0.2, -0.15) is 0 Å². The molecular weight excluding hydrogens is 376 g/mol. The van der Waals surface area contributed by atoms with E-state index in [1.54, 1.807) is 11.4 Å². The summed E-state index contributed by atoms with van der Waals surface area (Å²) >= 11 is 1.21. The van der Waals surface area contributed by atoms with Crippen molar-refractivity contribution >= 4 is 50.6 Å². The van der Waals surface area contributed by atoms with Crippen molar-refractivity contribution in [2.24, 2.45) is 11.7 Å². The van der Waals surface area contributed by atoms with Gasteiger partial charge in [0.2, 0.25) is 11.8 Å². The van der Waals surface area contributed by atoms with Crippen LogP contribution in [0.1, 0.15) is 28.9 Å². The number of carbonyl (C=O) groups is 3. The third-order valence-corrected chi connectivity index (χ3v) is 5.27. The fourth-order valence-electron chi connectivity index (χ4n) is 2.90. The zero-order valence-corrected chi connectivity index (χ0v) is 15.7. The molecule has 1 aromatic heterocycles. The van der Waals surface area contributed by atoms with Crippen LogP contribution in [0.25, 0.3) is 10.8 Å². The van der Waals surface area contributed by atoms with Crippen LogP contribution in [0.15, 0.2) is 41.8 Å². The summed E-state index contributed by atoms with van der Waals surface area (Å²) < 4.78 is 0. The number of rotatable bonds is 6. The van der Waals surface area contributed by atoms with Gasteiger partial charge in [0.15, 0.2) is 5.13 Å². The zero-order chi connectivity index (χ0) is 19.7. The van der Waals surface area contributed by atoms with E-state index in [0.717, 1.165) is 23.6 Å². The van der Waals surface area contributed by atoms with E-state index < -0.39 is 5.91 Å². The lowest BCUT2D eigenvalue weighted by molar-refractivity contribution is -0.118. The number of benzene rings is 2. The summed E-state index contributed by atoms with van der Waals surface area (Å²) in [5, 5.41) is 9.50. The van der Waals surface area contributed by atoms with Gasteiger partial charge in [-0.15, -0.1) is 11.3 Å². The number of thiazole rings is 1. The second-order valence-electron chi connectivity index (χ2n) is 6.75. The van der Waals surface area contributed by atoms with Crippen LogP contribution in [0.2, 0.25) is 0 Å². The number of nitrogens with two attached hydrogens (primary N) is 1. The minimum atomic E-state index is -0.484. The van der Waals surface area contributed by atoms with Crippen molar-refractivity contribution in [1.29, 1.82) is 0 Å². The Morgan fingerprint density at radius 2 is 1.82 bits per heavy atom. The van der Waals surface area contributed by atoms with E-state index in [4.69, 9.17) is 5.73 Å². The van der Waals surface area contributed by atoms with E-state index in [1.807, 2.05) is 30.3 Å². The third kappa shape index (κ3) is 4.01. The Hall–Kier alpha value is -3.26. The number of hydrogen-bond donors (Lipinski definition) is 3. The molecule has 1 aliphatic carbocycles. The number of fused-ring (bicyclic) bond motifs is 1. The van der Waals surface area contributed by atoms with E-state index in [1.165, 1.54) is 11.3 Å². The van der Waals surface area contributed by atoms with Gasteiger partial charge in [0, 0.05) is 11.3 Å². The van der Waals surface area contributed by atoms with Crippen LogP contribution in [-0.2, 0) is 16.0 Å². The van der Waals surface area contributed by atoms with Crippen molar-refractivity contribution < 1.29 is 14.4 Å². The monoisotopic (exact) mass is 394 g/mol. The highest BCUT2D eigenvalue weighted by molar-refractivity contribution is 7.14. The Labute approximate surface area is 165 Å². The first kappa shape index (κ1) is 18.1. The molecule has 4 N–H and O–H groups in total. The predicted molar refractivity (Wildman–Crippen MR) is 108 cm³/mol. The minimum absolute atomic E-state index is 0.0189. The molecule has 1 heterocycles. The first-order valence-electron chi connectivity index (χ1n) is 8.87. The molecule has 7 nitrogen and oxygen atoms in total. The highest BCUT2D eigenvalue weighted by atomic mass is 32.1. The molecule has 8 heteroatoms. The Bertz CT molecular complexity index is 1090. The number of primary amides is 1. The van der Waals surface area contributed by atoms with Gasteiger partial charge in [0.05, 0.1) is 23.4 Å². The Morgan fingerprint density at radius 3 is 2.50 bits per heavy atom. The largest absolute Gasteiger partial charge is 0.369 e. The number of nitrogens with zero attached hydrogens (tertiary/aromatic N) is 1. The van der Waals surface area contributed by atoms with E-state index in [0.29, 0.717) is 22.1 Å². The summed E-state index contributed by atoms with van der Waals surface area (Å²) in [7, 11) is 0. The highest BCUT2D eigenvalue weighted by Gasteiger charge is 2.30. The first-order chi connectivity index (χ1) is 13.5. The molecule has 0 spiro atoms. The normalized spacial score (nSPS) is 13.3. The lowest BCUT2D eigenvalue weighted by Gasteiger charge is -2.12. The number of carbonyl (C=O) groups excluding carboxylic acids is 3. The molecular formula is C20H18N4O3S. The Morgan fingerprint density at radius 1 is 1.11 bits per heavy atom. The molecule has 142 valence electrons. The van der Waals surface area contributed by atoms with Gasteiger partial charge in [0.25, 0.3) is 5.91 Å². The number of hydrogen-bond acceptors (Lipinski definition) is 5. The summed E-state index contributed by atoms with van der Waals surface area (Å²) in [5.41, 5.74) is 6.52. The Kier molecular flexibility index (Phi) is 4.79. The second kappa shape index (κ2) is 7.40. The van der Waals surface area contributed by atoms with Gasteiger partial charge < -0.3 is 11.1 Å². The molecule has 1 fully saturated rings. The molecule has 0 saturated heterocycles. The molecule has 3 amide bonds. The quantitative estimate of drug-likeness (QED) is 0.596. The highest BCUT2D eigenvalue weighted by Crippen LogP contribution is 2.32. The van der Waals surface area contributed by atoms with Crippen LogP contribution in [0, 0.1) is 5.92 Å². The van der Waals surface area contributed by atoms with Gasteiger partial charge in [-0.3, -0.25) is 19.7 Å². The van der Waals surface area contributed by atoms with Crippen LogP contribution < -0.4 is 16.4 Å². The molecule has 1 aliphatic rings. The van der Waals surface area contributed by atoms with Crippen LogP contribution in [0.3, 0.4) is 0 Å². The van der Waals surface area contributed by atoms with E-state index >= 15 is 0 Å². The summed E-state index contributed by atoms with van der Waals surface area (Å²) in [6.45, 7) is 0. The van der Waals surface area contributed by atoms with E-state index in [-0.39, 0.29) is 24.2 Å². The van der Waals surface area contributed by atoms with Crippen LogP contribution in [-0.4, -0.2) is 22.7 Å². The summed E-state index contributed by atoms with van der Waals surface area (Å²) in [6, 6.07) is 11.2. The molecule has 4 rings (SSSR count). The molecule has 1 saturated carbocycles. The number of aromatic nitrogens is 1. The van der Waals surface area contributed by atoms with E-state index in [9.17, 15) is 14.4 Å². The smallest absolute Gasteiger partial charge is 0.259 e. The summed E-state index contributed by atoms with van der Waals surface area (Å²) in [5.74, 6) is -0.903. The fourth-order valence-corrected chi connectivity index (χ4v) is 3.61. The first-order valence-corrected chi connectivity index (χ1v) is 9.75. The van der Waals surface area contributed by atoms with Crippen LogP contribution in [0.4, 0.5) is 10.8 Å². The second-order valence-corrected chi connectivity index (χ2v) is 7.61. The zero-order valence-electron chi connectivity index (χ0n) is 14.9. The number of nitrogens with one attached hydrogen (secondary N) is 2. The Balaban J connectivity index is 1.63. The maximum absolute atomic E-state index is 12.9. The summed E-state index contributed by atoms with van der Waals surface area (Å²) in [6.07, 6.45) is 1.77. The van der Waals surface area contributed by atoms with Gasteiger partial charge >= 0.3 is 0 Å². The van der Waals surface area contributed by atoms with Crippen LogP contribution in [0.5, 0.6) is 0 Å². The average molecular weight is 394 g/mol. The topological polar surface area (TPSA) is 114 Å². The van der Waals surface area contributed by atoms with Crippen molar-refractivity contribution in [3.05, 3.63) is 53.0 Å². The molecule has 2 aromatic carbocycles. The molecule has 0 unspecified atom stereocenters. The van der Waals surface area contributed by atoms with Crippen molar-refractivity contribution in [1.82, 2.24) is 4.98 Å². The standard InChI is InChI=1S/C20H18N4O3S/c21-17(25)9-14-10-28-20(22-14)24-19(27)15-7-12-3-1-2-4-13(12)8-16(15)23-18(26)11-5-6-11/h1-4,7-8,10-11H,5-6,9H2,(H2,21,25)(H,23,26)(H,22,24,27). The number of amides is 3. The van der Waals surface area contributed by atoms with Crippen molar-refractivity contribution in [2.45, 2.75) is 19.3 Å². The van der Waals surface area contributed by atoms with Crippen LogP contribution >= 0.6 is 11.3 Å². The number of anilines is 2. The molecule has 0 atom stereocenters. The third-order valence-electron chi connectivity index (χ3n) is 4.46. The maximum atomic E-state index is 12.9. The van der Waals surface area contributed by atoms with Crippen molar-refractivity contribution in [2.75, 3.05) is 10.6 Å². The van der Waals surface area contributed by atoms with Crippen molar-refractivity contribution in [3.8, 4) is 0 Å². The maximum Gasteiger partial charge on any atom is 0.259 e. The molecule has 0 bridgehead atoms. The fraction of sp³-hybridized carbons (Fsp3) is 0.200. The minimum Gasteiger partial charge on any atom is -0.369 e. The lowest BCUT2D eigenvalue weighted by Crippen LogP contribution is -2.19. The van der Waals surface area contributed by atoms with Gasteiger partial charge in [-0.05, 0) is 35.7 Å². The average Bonchev–Trinajstić information content (AvgIpc) is 3.43. The summed E-state index contributed by atoms with van der Waals surface area (Å²) in [4.78, 5) is 40.4. The SMILES string of the molecule is NC(=O)Cc1csc(NC(=O)c2cc3ccccc3cc2NC(=O)C2CC2)n1. The van der Waals surface area contributed by atoms with Gasteiger partial charge in [-0.1, -0.05) is 24.3 Å². The van der Waals surface area contributed by atoms with E-state index in [2.05, 4.69) is 15.6 Å². The van der Waals surface area contributed by atoms with Crippen molar-refractivity contribution in [3.63, 3.8) is 0 Å². The molecule has 0 radical (unpaired) electrons. The van der Waals surface area contributed by atoms with Gasteiger partial charge in [-0.25, -0.2) is 4.98 Å². The molecule has 0 aliphatic heterocycles. The van der Waals surface area contributed by atoms with Gasteiger partial charge in [0.1, 0.15) is 0 Å². The molecule has 3 aromatic rings.